The molecule has 0 aliphatic heterocycles. The number of phosphoric ester groups is 2. The van der Waals surface area contributed by atoms with Crippen LogP contribution in [0.15, 0.2) is 146 Å². The van der Waals surface area contributed by atoms with Crippen LogP contribution in [0.2, 0.25) is 0 Å². The lowest BCUT2D eigenvalue weighted by atomic mass is 10.1. The average Bonchev–Trinajstić information content (AvgIpc) is 3.53. The van der Waals surface area contributed by atoms with Gasteiger partial charge in [-0.1, -0.05) is 231 Å². The molecule has 5 unspecified atom stereocenters. The predicted molar refractivity (Wildman–Crippen MR) is 362 cm³/mol. The summed E-state index contributed by atoms with van der Waals surface area (Å²) >= 11 is 0. The SMILES string of the molecule is CC/C=C\C/C=C\C/C=C\C/C=C\C/C=C\C/C=C\CCC(=O)OCC(COP(=O)(O)OCC(O)COP(=O)(O)OCC(O)COC(=O)CCCCCCCCC/C=C\C/C=C\C/C=C\C/C=C\C/C=C\CC)OC(=O)CCCCCCC/C=C\CCCC. The number of allylic oxidation sites excluding steroid dienone is 24. The van der Waals surface area contributed by atoms with Gasteiger partial charge in [-0.2, -0.15) is 0 Å². The quantitative estimate of drug-likeness (QED) is 0.0146. The van der Waals surface area contributed by atoms with E-state index in [4.69, 9.17) is 32.3 Å². The van der Waals surface area contributed by atoms with Crippen molar-refractivity contribution in [3.8, 4) is 0 Å². The molecular formula is C71H116O16P2. The van der Waals surface area contributed by atoms with E-state index in [9.17, 15) is 43.5 Å². The molecule has 0 aliphatic rings. The lowest BCUT2D eigenvalue weighted by Crippen LogP contribution is -2.30. The molecule has 89 heavy (non-hydrogen) atoms. The molecule has 506 valence electrons. The molecule has 0 bridgehead atoms. The molecule has 0 amide bonds. The molecule has 0 aromatic heterocycles. The second kappa shape index (κ2) is 63.6. The molecule has 5 atom stereocenters. The summed E-state index contributed by atoms with van der Waals surface area (Å²) in [7, 11) is -9.80. The molecule has 0 rings (SSSR count). The molecule has 0 saturated carbocycles. The van der Waals surface area contributed by atoms with Crippen molar-refractivity contribution in [3.05, 3.63) is 146 Å². The number of phosphoric acid groups is 2. The first kappa shape index (κ1) is 84.4. The maximum absolute atomic E-state index is 12.8. The van der Waals surface area contributed by atoms with E-state index >= 15 is 0 Å². The maximum Gasteiger partial charge on any atom is 0.472 e. The van der Waals surface area contributed by atoms with Crippen molar-refractivity contribution in [2.75, 3.05) is 39.6 Å². The van der Waals surface area contributed by atoms with E-state index in [1.807, 2.05) is 18.2 Å². The number of ether oxygens (including phenoxy) is 3. The van der Waals surface area contributed by atoms with E-state index in [1.54, 1.807) is 0 Å². The molecule has 18 heteroatoms. The van der Waals surface area contributed by atoms with Crippen LogP contribution in [0.4, 0.5) is 0 Å². The fourth-order valence-electron chi connectivity index (χ4n) is 8.01. The van der Waals surface area contributed by atoms with Crippen LogP contribution in [0.25, 0.3) is 0 Å². The van der Waals surface area contributed by atoms with Gasteiger partial charge in [0.05, 0.1) is 26.4 Å². The maximum atomic E-state index is 12.8. The number of unbranched alkanes of at least 4 members (excludes halogenated alkanes) is 14. The summed E-state index contributed by atoms with van der Waals surface area (Å²) in [6.07, 6.45) is 75.0. The molecule has 0 spiro atoms. The minimum Gasteiger partial charge on any atom is -0.463 e. The molecule has 16 nitrogen and oxygen atoms in total. The number of rotatable bonds is 61. The molecule has 4 N–H and O–H groups in total. The van der Waals surface area contributed by atoms with E-state index in [1.165, 1.54) is 12.8 Å². The number of carbonyl (C=O) groups is 3. The smallest absolute Gasteiger partial charge is 0.463 e. The van der Waals surface area contributed by atoms with Crippen LogP contribution < -0.4 is 0 Å². The summed E-state index contributed by atoms with van der Waals surface area (Å²) in [5.74, 6) is -1.71. The highest BCUT2D eigenvalue weighted by Crippen LogP contribution is 2.45. The van der Waals surface area contributed by atoms with E-state index in [0.29, 0.717) is 25.7 Å². The zero-order chi connectivity index (χ0) is 65.3. The highest BCUT2D eigenvalue weighted by molar-refractivity contribution is 7.47. The van der Waals surface area contributed by atoms with Gasteiger partial charge in [0.1, 0.15) is 25.4 Å². The highest BCUT2D eigenvalue weighted by Gasteiger charge is 2.29. The van der Waals surface area contributed by atoms with Gasteiger partial charge in [0.2, 0.25) is 0 Å². The Morgan fingerprint density at radius 3 is 1.02 bits per heavy atom. The Bertz CT molecular complexity index is 2210. The third-order valence-corrected chi connectivity index (χ3v) is 14.9. The number of carbonyl (C=O) groups excluding carboxylic acids is 3. The number of aliphatic hydroxyl groups is 2. The topological polar surface area (TPSA) is 231 Å². The Balaban J connectivity index is 4.65. The Hall–Kier alpha value is -4.57. The monoisotopic (exact) mass is 1290 g/mol. The fourth-order valence-corrected chi connectivity index (χ4v) is 9.60. The highest BCUT2D eigenvalue weighted by atomic mass is 31.2. The normalized spacial score (nSPS) is 15.2. The zero-order valence-electron chi connectivity index (χ0n) is 54.5. The van der Waals surface area contributed by atoms with Crippen molar-refractivity contribution in [2.24, 2.45) is 0 Å². The number of aliphatic hydroxyl groups excluding tert-OH is 2. The average molecular weight is 1290 g/mol. The first-order valence-electron chi connectivity index (χ1n) is 33.1. The van der Waals surface area contributed by atoms with Crippen molar-refractivity contribution in [1.29, 1.82) is 0 Å². The fraction of sp³-hybridized carbons (Fsp3) is 0.620. The Kier molecular flexibility index (Phi) is 60.3. The van der Waals surface area contributed by atoms with Gasteiger partial charge in [-0.15, -0.1) is 0 Å². The molecule has 0 aliphatic carbocycles. The van der Waals surface area contributed by atoms with E-state index in [2.05, 4.69) is 148 Å². The van der Waals surface area contributed by atoms with Crippen molar-refractivity contribution < 1.29 is 75.8 Å². The van der Waals surface area contributed by atoms with Crippen LogP contribution in [0, 0.1) is 0 Å². The van der Waals surface area contributed by atoms with Gasteiger partial charge >= 0.3 is 33.6 Å². The summed E-state index contributed by atoms with van der Waals surface area (Å²) in [6.45, 7) is 2.25. The van der Waals surface area contributed by atoms with Crippen molar-refractivity contribution in [3.63, 3.8) is 0 Å². The van der Waals surface area contributed by atoms with Gasteiger partial charge in [0, 0.05) is 19.3 Å². The minimum absolute atomic E-state index is 0.0391. The van der Waals surface area contributed by atoms with Gasteiger partial charge < -0.3 is 34.2 Å². The molecular weight excluding hydrogens is 1170 g/mol. The summed E-state index contributed by atoms with van der Waals surface area (Å²) in [5, 5.41) is 20.5. The molecule has 0 saturated heterocycles. The summed E-state index contributed by atoms with van der Waals surface area (Å²) in [5.41, 5.74) is 0. The largest absolute Gasteiger partial charge is 0.472 e. The van der Waals surface area contributed by atoms with Crippen LogP contribution in [0.3, 0.4) is 0 Å². The van der Waals surface area contributed by atoms with Crippen LogP contribution in [0.1, 0.15) is 226 Å². The third-order valence-electron chi connectivity index (χ3n) is 13.0. The first-order chi connectivity index (χ1) is 43.2. The summed E-state index contributed by atoms with van der Waals surface area (Å²) < 4.78 is 60.6. The van der Waals surface area contributed by atoms with Crippen LogP contribution >= 0.6 is 15.6 Å². The van der Waals surface area contributed by atoms with Gasteiger partial charge in [0.25, 0.3) is 0 Å². The lowest BCUT2D eigenvalue weighted by molar-refractivity contribution is -0.161. The zero-order valence-corrected chi connectivity index (χ0v) is 56.3. The van der Waals surface area contributed by atoms with E-state index in [-0.39, 0.29) is 19.3 Å². The second-order valence-corrected chi connectivity index (χ2v) is 24.4. The van der Waals surface area contributed by atoms with E-state index in [0.717, 1.165) is 148 Å². The summed E-state index contributed by atoms with van der Waals surface area (Å²) in [4.78, 5) is 58.2. The Morgan fingerprint density at radius 2 is 0.618 bits per heavy atom. The van der Waals surface area contributed by atoms with E-state index < -0.39 is 91.5 Å². The number of hydrogen-bond acceptors (Lipinski definition) is 14. The van der Waals surface area contributed by atoms with Crippen LogP contribution in [-0.4, -0.2) is 95.9 Å². The standard InChI is InChI=1S/C71H116O16P2/c1-4-7-10-13-16-19-22-24-26-28-30-31-32-33-35-37-38-40-43-45-48-51-54-57-69(74)81-60-66(72)61-83-88(77,78)84-62-67(73)63-85-89(79,80)86-65-68(87-71(76)59-56-53-50-47-42-21-18-15-12-9-6-3)64-82-70(75)58-55-52-49-46-44-41-39-36-34-29-27-25-23-20-17-14-11-8-5-2/h7-8,10-11,15-20,24-27,30-31,33-36,41,44,49,52,66-68,72-73H,4-6,9,12-14,21-23,28-29,32,37-40,42-43,45-48,50-51,53-65H2,1-3H3,(H,77,78)(H,79,80)/b10-7-,11-8-,18-15-,19-16-,20-17-,26-24-,27-25-,31-30-,35-33-,36-34-,44-41-,52-49-. The lowest BCUT2D eigenvalue weighted by Gasteiger charge is -2.21. The Morgan fingerprint density at radius 1 is 0.326 bits per heavy atom. The molecule has 0 radical (unpaired) electrons. The second-order valence-electron chi connectivity index (χ2n) is 21.5. The van der Waals surface area contributed by atoms with Crippen molar-refractivity contribution in [2.45, 2.75) is 245 Å². The molecule has 0 fully saturated rings. The Labute approximate surface area is 537 Å². The van der Waals surface area contributed by atoms with Crippen molar-refractivity contribution >= 4 is 33.6 Å². The van der Waals surface area contributed by atoms with Gasteiger partial charge in [-0.05, 0) is 122 Å². The van der Waals surface area contributed by atoms with Gasteiger partial charge in [-0.25, -0.2) is 9.13 Å². The number of hydrogen-bond donors (Lipinski definition) is 4. The predicted octanol–water partition coefficient (Wildman–Crippen LogP) is 18.2. The van der Waals surface area contributed by atoms with Gasteiger partial charge in [0.15, 0.2) is 6.10 Å². The van der Waals surface area contributed by atoms with Crippen LogP contribution in [0.5, 0.6) is 0 Å². The van der Waals surface area contributed by atoms with Crippen molar-refractivity contribution in [1.82, 2.24) is 0 Å². The third kappa shape index (κ3) is 64.8. The molecule has 0 aromatic carbocycles. The van der Waals surface area contributed by atoms with Gasteiger partial charge in [-0.3, -0.25) is 32.5 Å². The number of esters is 3. The minimum atomic E-state index is -4.94. The molecule has 0 aromatic rings. The first-order valence-corrected chi connectivity index (χ1v) is 36.1. The molecule has 0 heterocycles. The summed E-state index contributed by atoms with van der Waals surface area (Å²) in [6, 6.07) is 0. The van der Waals surface area contributed by atoms with Crippen LogP contribution in [-0.2, 0) is 55.8 Å².